The number of methoxy groups -OCH3 is 1. The normalized spacial score (nSPS) is 19.3. The number of thioether (sulfide) groups is 1. The largest absolute Gasteiger partial charge is 0.504 e. The third-order valence-electron chi connectivity index (χ3n) is 7.68. The molecule has 45 heavy (non-hydrogen) atoms. The molecule has 2 aliphatic heterocycles. The lowest BCUT2D eigenvalue weighted by molar-refractivity contribution is -0.137. The second kappa shape index (κ2) is 11.4. The van der Waals surface area contributed by atoms with Crippen molar-refractivity contribution in [1.29, 1.82) is 0 Å². The Morgan fingerprint density at radius 2 is 1.76 bits per heavy atom. The fourth-order valence-corrected chi connectivity index (χ4v) is 8.34. The van der Waals surface area contributed by atoms with Gasteiger partial charge in [-0.1, -0.05) is 52.9 Å². The Balaban J connectivity index is 1.40. The number of halogens is 3. The first-order chi connectivity index (χ1) is 21.4. The molecule has 0 spiro atoms. The van der Waals surface area contributed by atoms with Crippen LogP contribution in [0.5, 0.6) is 11.5 Å². The van der Waals surface area contributed by atoms with Gasteiger partial charge in [0.2, 0.25) is 17.7 Å². The molecule has 0 bridgehead atoms. The van der Waals surface area contributed by atoms with E-state index < -0.39 is 58.0 Å². The van der Waals surface area contributed by atoms with Crippen molar-refractivity contribution in [1.82, 2.24) is 4.57 Å². The minimum Gasteiger partial charge on any atom is -0.504 e. The topological polar surface area (TPSA) is 118 Å². The first-order valence-corrected chi connectivity index (χ1v) is 15.3. The molecule has 2 N–H and O–H groups in total. The van der Waals surface area contributed by atoms with E-state index in [2.05, 4.69) is 5.32 Å². The zero-order valence-corrected chi connectivity index (χ0v) is 25.3. The molecular formula is C31H24F3N3O6S2. The quantitative estimate of drug-likeness (QED) is 0.268. The summed E-state index contributed by atoms with van der Waals surface area (Å²) >= 11 is 1.82. The highest BCUT2D eigenvalue weighted by atomic mass is 32.2. The fourth-order valence-electron chi connectivity index (χ4n) is 5.57. The average molecular weight is 656 g/mol. The molecule has 6 rings (SSSR count). The van der Waals surface area contributed by atoms with E-state index in [0.717, 1.165) is 51.8 Å². The number of imide groups is 1. The molecule has 4 aromatic rings. The summed E-state index contributed by atoms with van der Waals surface area (Å²) in [5, 5.41) is 12.0. The number of alkyl halides is 3. The number of nitrogens with zero attached hydrogens (tertiary/aromatic N) is 2. The number of fused-ring (bicyclic) bond motifs is 2. The number of hydrogen-bond acceptors (Lipinski definition) is 8. The Kier molecular flexibility index (Phi) is 7.73. The lowest BCUT2D eigenvalue weighted by Gasteiger charge is -2.31. The zero-order chi connectivity index (χ0) is 32.2. The minimum atomic E-state index is -4.61. The van der Waals surface area contributed by atoms with Gasteiger partial charge in [0, 0.05) is 16.5 Å². The van der Waals surface area contributed by atoms with Crippen molar-refractivity contribution < 1.29 is 37.4 Å². The molecule has 3 amide bonds. The second-order valence-electron chi connectivity index (χ2n) is 10.6. The summed E-state index contributed by atoms with van der Waals surface area (Å²) < 4.78 is 46.0. The highest BCUT2D eigenvalue weighted by molar-refractivity contribution is 8.00. The molecule has 1 aromatic heterocycles. The Labute approximate surface area is 262 Å². The Morgan fingerprint density at radius 1 is 1.02 bits per heavy atom. The average Bonchev–Trinajstić information content (AvgIpc) is 3.44. The number of aromatic hydroxyl groups is 1. The number of ether oxygens (including phenoxy) is 1. The number of rotatable bonds is 6. The molecule has 1 fully saturated rings. The maximum absolute atomic E-state index is 14.0. The lowest BCUT2D eigenvalue weighted by Crippen LogP contribution is -2.33. The Bertz CT molecular complexity index is 1900. The van der Waals surface area contributed by atoms with Crippen molar-refractivity contribution in [3.8, 4) is 11.5 Å². The van der Waals surface area contributed by atoms with Crippen LogP contribution in [0.4, 0.5) is 24.5 Å². The number of amides is 3. The molecule has 14 heteroatoms. The summed E-state index contributed by atoms with van der Waals surface area (Å²) in [6.07, 6.45) is -4.61. The molecule has 0 saturated carbocycles. The van der Waals surface area contributed by atoms with Gasteiger partial charge in [0.05, 0.1) is 29.3 Å². The van der Waals surface area contributed by atoms with Crippen LogP contribution >= 0.6 is 23.1 Å². The molecule has 232 valence electrons. The van der Waals surface area contributed by atoms with E-state index in [-0.39, 0.29) is 17.2 Å². The minimum absolute atomic E-state index is 0.0981. The van der Waals surface area contributed by atoms with Crippen molar-refractivity contribution in [2.75, 3.05) is 17.3 Å². The predicted octanol–water partition coefficient (Wildman–Crippen LogP) is 5.39. The molecule has 3 aromatic carbocycles. The van der Waals surface area contributed by atoms with Gasteiger partial charge in [-0.05, 0) is 55.0 Å². The first-order valence-electron chi connectivity index (χ1n) is 13.6. The summed E-state index contributed by atoms with van der Waals surface area (Å²) in [5.41, 5.74) is 0.804. The molecule has 9 nitrogen and oxygen atoms in total. The molecule has 3 heterocycles. The second-order valence-corrected chi connectivity index (χ2v) is 12.7. The van der Waals surface area contributed by atoms with Crippen molar-refractivity contribution in [3.63, 3.8) is 0 Å². The van der Waals surface area contributed by atoms with Crippen molar-refractivity contribution in [2.45, 2.75) is 35.8 Å². The molecule has 1 saturated heterocycles. The Hall–Kier alpha value is -4.56. The zero-order valence-electron chi connectivity index (χ0n) is 23.6. The van der Waals surface area contributed by atoms with Gasteiger partial charge < -0.3 is 15.2 Å². The summed E-state index contributed by atoms with van der Waals surface area (Å²) in [6.45, 7) is 1.34. The number of carbonyl (C=O) groups is 3. The van der Waals surface area contributed by atoms with Crippen LogP contribution in [0, 0.1) is 12.8 Å². The number of nitrogens with one attached hydrogen (secondary N) is 1. The van der Waals surface area contributed by atoms with Crippen LogP contribution in [-0.4, -0.2) is 39.8 Å². The summed E-state index contributed by atoms with van der Waals surface area (Å²) in [6, 6.07) is 15.6. The van der Waals surface area contributed by atoms with E-state index in [1.54, 1.807) is 30.3 Å². The van der Waals surface area contributed by atoms with E-state index in [1.807, 2.05) is 6.92 Å². The highest BCUT2D eigenvalue weighted by Gasteiger charge is 2.57. The van der Waals surface area contributed by atoms with Gasteiger partial charge in [-0.3, -0.25) is 23.7 Å². The number of phenols is 1. The van der Waals surface area contributed by atoms with Gasteiger partial charge >= 0.3 is 11.0 Å². The number of phenolic OH excluding ortho intramolecular Hbond substituents is 1. The van der Waals surface area contributed by atoms with Crippen LogP contribution in [0.2, 0.25) is 0 Å². The number of aromatic nitrogens is 1. The molecule has 3 atom stereocenters. The molecule has 2 aliphatic rings. The predicted molar refractivity (Wildman–Crippen MR) is 162 cm³/mol. The maximum atomic E-state index is 14.0. The summed E-state index contributed by atoms with van der Waals surface area (Å²) in [4.78, 5) is 55.3. The van der Waals surface area contributed by atoms with Crippen LogP contribution in [0.25, 0.3) is 0 Å². The van der Waals surface area contributed by atoms with Gasteiger partial charge in [-0.25, -0.2) is 4.90 Å². The van der Waals surface area contributed by atoms with Crippen LogP contribution in [0.3, 0.4) is 0 Å². The molecule has 0 aliphatic carbocycles. The molecule has 2 unspecified atom stereocenters. The van der Waals surface area contributed by atoms with Gasteiger partial charge in [0.15, 0.2) is 11.5 Å². The summed E-state index contributed by atoms with van der Waals surface area (Å²) in [7, 11) is 1.37. The smallest absolute Gasteiger partial charge is 0.416 e. The standard InChI is InChI=1S/C31H24F3N3O6S2/c1-15-6-9-19(10-7-15)37-27(40)24-23(16-8-11-20(38)21(12-16)43-2)26-29(44-25(24)28(37)41)36(30(42)45-26)14-22(39)35-18-5-3-4-17(13-18)31(32,33)34/h3-13,23-25,38H,14H2,1-2H3,(H,35,39)/t23-,24?,25?/m0/s1. The number of carbonyl (C=O) groups excluding carboxylic acids is 3. The summed E-state index contributed by atoms with van der Waals surface area (Å²) in [5.74, 6) is -3.44. The van der Waals surface area contributed by atoms with Crippen molar-refractivity contribution in [3.05, 3.63) is 98.0 Å². The van der Waals surface area contributed by atoms with Crippen molar-refractivity contribution in [2.24, 2.45) is 5.92 Å². The molecular weight excluding hydrogens is 631 g/mol. The van der Waals surface area contributed by atoms with Gasteiger partial charge in [-0.2, -0.15) is 13.2 Å². The SMILES string of the molecule is COc1cc([C@@H]2c3sc(=O)n(CC(=O)Nc4cccc(C(F)(F)F)c4)c3SC3C(=O)N(c4ccc(C)cc4)C(=O)C32)ccc1O. The van der Waals surface area contributed by atoms with E-state index >= 15 is 0 Å². The first kappa shape index (κ1) is 30.5. The van der Waals surface area contributed by atoms with Gasteiger partial charge in [0.1, 0.15) is 11.8 Å². The van der Waals surface area contributed by atoms with E-state index in [9.17, 15) is 37.5 Å². The third-order valence-corrected chi connectivity index (χ3v) is 10.3. The monoisotopic (exact) mass is 655 g/mol. The van der Waals surface area contributed by atoms with Crippen LogP contribution in [0.1, 0.15) is 27.5 Å². The number of anilines is 2. The maximum Gasteiger partial charge on any atom is 0.416 e. The number of aryl methyl sites for hydroxylation is 1. The Morgan fingerprint density at radius 3 is 2.44 bits per heavy atom. The van der Waals surface area contributed by atoms with E-state index in [1.165, 1.54) is 29.9 Å². The van der Waals surface area contributed by atoms with Gasteiger partial charge in [0.25, 0.3) is 0 Å². The fraction of sp³-hybridized carbons (Fsp3) is 0.226. The lowest BCUT2D eigenvalue weighted by atomic mass is 9.83. The van der Waals surface area contributed by atoms with E-state index in [4.69, 9.17) is 4.74 Å². The van der Waals surface area contributed by atoms with Crippen molar-refractivity contribution >= 4 is 52.2 Å². The molecule has 0 radical (unpaired) electrons. The van der Waals surface area contributed by atoms with Gasteiger partial charge in [-0.15, -0.1) is 0 Å². The third kappa shape index (κ3) is 5.48. The number of hydrogen-bond donors (Lipinski definition) is 2. The van der Waals surface area contributed by atoms with Crippen LogP contribution < -0.4 is 19.8 Å². The number of benzene rings is 3. The van der Waals surface area contributed by atoms with Crippen LogP contribution in [-0.2, 0) is 27.1 Å². The van der Waals surface area contributed by atoms with E-state index in [0.29, 0.717) is 21.2 Å². The number of thiazole rings is 1. The van der Waals surface area contributed by atoms with Crippen LogP contribution in [0.15, 0.2) is 76.6 Å². The highest BCUT2D eigenvalue weighted by Crippen LogP contribution is 2.54.